The molecule has 1 amide bonds. The monoisotopic (exact) mass is 290 g/mol. The third kappa shape index (κ3) is 4.13. The van der Waals surface area contributed by atoms with E-state index in [9.17, 15) is 4.79 Å². The summed E-state index contributed by atoms with van der Waals surface area (Å²) in [5.74, 6) is 1.21. The molecule has 1 aromatic carbocycles. The molecule has 1 aliphatic heterocycles. The average molecular weight is 290 g/mol. The van der Waals surface area contributed by atoms with Crippen LogP contribution in [0.5, 0.6) is 5.75 Å². The molecule has 1 aliphatic rings. The van der Waals surface area contributed by atoms with E-state index >= 15 is 0 Å². The first kappa shape index (κ1) is 15.7. The Hall–Kier alpha value is -1.71. The van der Waals surface area contributed by atoms with Gasteiger partial charge in [-0.15, -0.1) is 0 Å². The molecule has 1 heterocycles. The van der Waals surface area contributed by atoms with Crippen LogP contribution in [0.4, 0.5) is 5.69 Å². The maximum absolute atomic E-state index is 12.1. The molecule has 116 valence electrons. The van der Waals surface area contributed by atoms with E-state index in [0.29, 0.717) is 12.3 Å². The highest BCUT2D eigenvalue weighted by Crippen LogP contribution is 2.28. The molecular formula is C17H26N2O2. The van der Waals surface area contributed by atoms with E-state index in [1.807, 2.05) is 23.1 Å². The number of rotatable bonds is 6. The standard InChI is InChI=1S/C17H26N2O2/c1-3-4-5-10-17(20)19-13-11-18(12-14-19)15-8-6-7-9-16(15)21-2/h6-9H,3-5,10-14H2,1-2H3. The van der Waals surface area contributed by atoms with Crippen molar-refractivity contribution in [3.05, 3.63) is 24.3 Å². The highest BCUT2D eigenvalue weighted by molar-refractivity contribution is 5.76. The molecule has 0 aromatic heterocycles. The Labute approximate surface area is 127 Å². The topological polar surface area (TPSA) is 32.8 Å². The lowest BCUT2D eigenvalue weighted by atomic mass is 10.1. The normalized spacial score (nSPS) is 15.1. The number of ether oxygens (including phenoxy) is 1. The smallest absolute Gasteiger partial charge is 0.222 e. The molecule has 0 saturated carbocycles. The Balaban J connectivity index is 1.87. The minimum atomic E-state index is 0.308. The summed E-state index contributed by atoms with van der Waals surface area (Å²) in [7, 11) is 1.70. The van der Waals surface area contributed by atoms with E-state index in [2.05, 4.69) is 17.9 Å². The first-order valence-corrected chi connectivity index (χ1v) is 7.92. The van der Waals surface area contributed by atoms with Gasteiger partial charge in [-0.05, 0) is 18.6 Å². The lowest BCUT2D eigenvalue weighted by Crippen LogP contribution is -2.48. The molecule has 0 unspecified atom stereocenters. The number of hydrogen-bond acceptors (Lipinski definition) is 3. The number of piperazine rings is 1. The SMILES string of the molecule is CCCCCC(=O)N1CCN(c2ccccc2OC)CC1. The van der Waals surface area contributed by atoms with Gasteiger partial charge in [-0.25, -0.2) is 0 Å². The van der Waals surface area contributed by atoms with E-state index in [-0.39, 0.29) is 0 Å². The zero-order chi connectivity index (χ0) is 15.1. The summed E-state index contributed by atoms with van der Waals surface area (Å²) in [5, 5.41) is 0. The predicted octanol–water partition coefficient (Wildman–Crippen LogP) is 2.92. The third-order valence-electron chi connectivity index (χ3n) is 4.05. The summed E-state index contributed by atoms with van der Waals surface area (Å²) in [4.78, 5) is 16.4. The second-order valence-electron chi connectivity index (χ2n) is 5.50. The molecule has 0 atom stereocenters. The summed E-state index contributed by atoms with van der Waals surface area (Å²) >= 11 is 0. The molecule has 2 rings (SSSR count). The second-order valence-corrected chi connectivity index (χ2v) is 5.50. The largest absolute Gasteiger partial charge is 0.495 e. The van der Waals surface area contributed by atoms with Gasteiger partial charge in [-0.2, -0.15) is 0 Å². The van der Waals surface area contributed by atoms with Gasteiger partial charge in [0.25, 0.3) is 0 Å². The number of amides is 1. The van der Waals surface area contributed by atoms with E-state index in [0.717, 1.165) is 56.9 Å². The minimum Gasteiger partial charge on any atom is -0.495 e. The number of unbranched alkanes of at least 4 members (excludes halogenated alkanes) is 2. The number of para-hydroxylation sites is 2. The maximum Gasteiger partial charge on any atom is 0.222 e. The van der Waals surface area contributed by atoms with Gasteiger partial charge in [0.1, 0.15) is 5.75 Å². The number of nitrogens with zero attached hydrogens (tertiary/aromatic N) is 2. The predicted molar refractivity (Wildman–Crippen MR) is 85.9 cm³/mol. The second kappa shape index (κ2) is 7.91. The molecule has 1 fully saturated rings. The van der Waals surface area contributed by atoms with E-state index in [4.69, 9.17) is 4.74 Å². The van der Waals surface area contributed by atoms with Crippen LogP contribution >= 0.6 is 0 Å². The molecule has 0 spiro atoms. The fourth-order valence-electron chi connectivity index (χ4n) is 2.77. The summed E-state index contributed by atoms with van der Waals surface area (Å²) < 4.78 is 5.42. The van der Waals surface area contributed by atoms with Crippen LogP contribution in [0.15, 0.2) is 24.3 Å². The molecule has 0 aliphatic carbocycles. The van der Waals surface area contributed by atoms with Crippen LogP contribution in [-0.2, 0) is 4.79 Å². The number of carbonyl (C=O) groups is 1. The summed E-state index contributed by atoms with van der Waals surface area (Å²) in [6.45, 7) is 5.53. The van der Waals surface area contributed by atoms with Crippen molar-refractivity contribution in [2.75, 3.05) is 38.2 Å². The molecule has 1 saturated heterocycles. The molecule has 4 nitrogen and oxygen atoms in total. The van der Waals surface area contributed by atoms with Crippen molar-refractivity contribution in [3.8, 4) is 5.75 Å². The van der Waals surface area contributed by atoms with Crippen LogP contribution in [0.1, 0.15) is 32.6 Å². The maximum atomic E-state index is 12.1. The molecule has 1 aromatic rings. The number of anilines is 1. The lowest BCUT2D eigenvalue weighted by Gasteiger charge is -2.36. The van der Waals surface area contributed by atoms with Crippen molar-refractivity contribution in [2.45, 2.75) is 32.6 Å². The molecule has 0 N–H and O–H groups in total. The highest BCUT2D eigenvalue weighted by Gasteiger charge is 2.22. The highest BCUT2D eigenvalue weighted by atomic mass is 16.5. The van der Waals surface area contributed by atoms with Crippen LogP contribution in [0.25, 0.3) is 0 Å². The van der Waals surface area contributed by atoms with Gasteiger partial charge in [0, 0.05) is 32.6 Å². The quantitative estimate of drug-likeness (QED) is 0.755. The van der Waals surface area contributed by atoms with Gasteiger partial charge < -0.3 is 14.5 Å². The number of carbonyl (C=O) groups excluding carboxylic acids is 1. The van der Waals surface area contributed by atoms with Crippen molar-refractivity contribution >= 4 is 11.6 Å². The Morgan fingerprint density at radius 2 is 1.86 bits per heavy atom. The number of benzene rings is 1. The van der Waals surface area contributed by atoms with Gasteiger partial charge in [0.15, 0.2) is 0 Å². The van der Waals surface area contributed by atoms with Crippen LogP contribution < -0.4 is 9.64 Å². The van der Waals surface area contributed by atoms with E-state index in [1.165, 1.54) is 0 Å². The first-order valence-electron chi connectivity index (χ1n) is 7.92. The lowest BCUT2D eigenvalue weighted by molar-refractivity contribution is -0.131. The van der Waals surface area contributed by atoms with Crippen LogP contribution in [0, 0.1) is 0 Å². The van der Waals surface area contributed by atoms with Crippen molar-refractivity contribution in [1.82, 2.24) is 4.90 Å². The van der Waals surface area contributed by atoms with Crippen LogP contribution in [0.2, 0.25) is 0 Å². The summed E-state index contributed by atoms with van der Waals surface area (Å²) in [5.41, 5.74) is 1.12. The number of methoxy groups -OCH3 is 1. The Kier molecular flexibility index (Phi) is 5.90. The van der Waals surface area contributed by atoms with Crippen molar-refractivity contribution in [1.29, 1.82) is 0 Å². The molecule has 0 radical (unpaired) electrons. The zero-order valence-corrected chi connectivity index (χ0v) is 13.2. The third-order valence-corrected chi connectivity index (χ3v) is 4.05. The van der Waals surface area contributed by atoms with Gasteiger partial charge in [0.05, 0.1) is 12.8 Å². The zero-order valence-electron chi connectivity index (χ0n) is 13.2. The van der Waals surface area contributed by atoms with Gasteiger partial charge >= 0.3 is 0 Å². The molecule has 4 heteroatoms. The van der Waals surface area contributed by atoms with Crippen LogP contribution in [-0.4, -0.2) is 44.1 Å². The molecular weight excluding hydrogens is 264 g/mol. The first-order chi connectivity index (χ1) is 10.3. The van der Waals surface area contributed by atoms with Gasteiger partial charge in [-0.3, -0.25) is 4.79 Å². The average Bonchev–Trinajstić information content (AvgIpc) is 2.55. The summed E-state index contributed by atoms with van der Waals surface area (Å²) in [6.07, 6.45) is 4.02. The summed E-state index contributed by atoms with van der Waals surface area (Å²) in [6, 6.07) is 8.07. The fourth-order valence-corrected chi connectivity index (χ4v) is 2.77. The Morgan fingerprint density at radius 1 is 1.14 bits per heavy atom. The minimum absolute atomic E-state index is 0.308. The van der Waals surface area contributed by atoms with Gasteiger partial charge in [-0.1, -0.05) is 31.9 Å². The van der Waals surface area contributed by atoms with Crippen molar-refractivity contribution < 1.29 is 9.53 Å². The van der Waals surface area contributed by atoms with Gasteiger partial charge in [0.2, 0.25) is 5.91 Å². The molecule has 0 bridgehead atoms. The molecule has 21 heavy (non-hydrogen) atoms. The van der Waals surface area contributed by atoms with E-state index in [1.54, 1.807) is 7.11 Å². The van der Waals surface area contributed by atoms with Crippen LogP contribution in [0.3, 0.4) is 0 Å². The van der Waals surface area contributed by atoms with E-state index < -0.39 is 0 Å². The number of hydrogen-bond donors (Lipinski definition) is 0. The Morgan fingerprint density at radius 3 is 2.52 bits per heavy atom. The Bertz CT molecular complexity index is 454. The van der Waals surface area contributed by atoms with Crippen molar-refractivity contribution in [2.24, 2.45) is 0 Å². The fraction of sp³-hybridized carbons (Fsp3) is 0.588. The van der Waals surface area contributed by atoms with Crippen molar-refractivity contribution in [3.63, 3.8) is 0 Å².